The van der Waals surface area contributed by atoms with Gasteiger partial charge >= 0.3 is 0 Å². The first-order chi connectivity index (χ1) is 7.42. The maximum absolute atomic E-state index is 5.80. The molecule has 0 amide bonds. The molecule has 15 heavy (non-hydrogen) atoms. The third-order valence-electron chi connectivity index (χ3n) is 3.64. The van der Waals surface area contributed by atoms with Gasteiger partial charge in [-0.1, -0.05) is 6.42 Å². The van der Waals surface area contributed by atoms with E-state index in [1.807, 2.05) is 6.20 Å². The van der Waals surface area contributed by atoms with Crippen LogP contribution >= 0.6 is 0 Å². The molecule has 1 N–H and O–H groups in total. The molecule has 1 saturated carbocycles. The van der Waals surface area contributed by atoms with Gasteiger partial charge < -0.3 is 9.73 Å². The lowest BCUT2D eigenvalue weighted by Gasteiger charge is -2.21. The summed E-state index contributed by atoms with van der Waals surface area (Å²) in [5.41, 5.74) is 0. The van der Waals surface area contributed by atoms with E-state index in [-0.39, 0.29) is 0 Å². The van der Waals surface area contributed by atoms with E-state index in [0.29, 0.717) is 12.0 Å². The van der Waals surface area contributed by atoms with Crippen LogP contribution in [0.15, 0.2) is 10.6 Å². The molecule has 1 atom stereocenters. The van der Waals surface area contributed by atoms with E-state index < -0.39 is 0 Å². The number of hydrogen-bond acceptors (Lipinski definition) is 3. The van der Waals surface area contributed by atoms with Gasteiger partial charge in [-0.2, -0.15) is 0 Å². The minimum Gasteiger partial charge on any atom is -0.445 e. The number of hydrogen-bond donors (Lipinski definition) is 1. The second kappa shape index (κ2) is 3.97. The molecule has 3 nitrogen and oxygen atoms in total. The Labute approximate surface area is 90.3 Å². The first-order valence-corrected chi connectivity index (χ1v) is 6.10. The highest BCUT2D eigenvalue weighted by atomic mass is 16.4. The molecule has 0 aromatic carbocycles. The maximum atomic E-state index is 5.80. The van der Waals surface area contributed by atoms with Crippen LogP contribution in [0, 0.1) is 0 Å². The van der Waals surface area contributed by atoms with Crippen molar-refractivity contribution in [3.63, 3.8) is 0 Å². The summed E-state index contributed by atoms with van der Waals surface area (Å²) in [6.45, 7) is 1.16. The van der Waals surface area contributed by atoms with Crippen LogP contribution in [0.25, 0.3) is 0 Å². The number of nitrogens with one attached hydrogen (secondary N) is 1. The SMILES string of the molecule is c1nc(C2CCC2)oc1CC1CCCN1. The molecule has 0 bridgehead atoms. The number of aromatic nitrogens is 1. The van der Waals surface area contributed by atoms with E-state index in [1.54, 1.807) is 0 Å². The van der Waals surface area contributed by atoms with Gasteiger partial charge in [-0.15, -0.1) is 0 Å². The van der Waals surface area contributed by atoms with Crippen LogP contribution in [0.4, 0.5) is 0 Å². The summed E-state index contributed by atoms with van der Waals surface area (Å²) in [4.78, 5) is 4.39. The first-order valence-electron chi connectivity index (χ1n) is 6.10. The minimum atomic E-state index is 0.618. The standard InChI is InChI=1S/C12H18N2O/c1-3-9(4-1)12-14-8-11(15-12)7-10-5-2-6-13-10/h8-10,13H,1-7H2. The van der Waals surface area contributed by atoms with Crippen molar-refractivity contribution in [3.05, 3.63) is 17.8 Å². The van der Waals surface area contributed by atoms with E-state index in [4.69, 9.17) is 4.42 Å². The zero-order chi connectivity index (χ0) is 10.1. The summed E-state index contributed by atoms with van der Waals surface area (Å²) in [5, 5.41) is 3.48. The molecule has 3 rings (SSSR count). The third-order valence-corrected chi connectivity index (χ3v) is 3.64. The fourth-order valence-corrected chi connectivity index (χ4v) is 2.43. The molecule has 1 saturated heterocycles. The van der Waals surface area contributed by atoms with Crippen molar-refractivity contribution in [1.29, 1.82) is 0 Å². The summed E-state index contributed by atoms with van der Waals surface area (Å²) >= 11 is 0. The number of rotatable bonds is 3. The maximum Gasteiger partial charge on any atom is 0.197 e. The lowest BCUT2D eigenvalue weighted by Crippen LogP contribution is -2.23. The van der Waals surface area contributed by atoms with Gasteiger partial charge in [-0.3, -0.25) is 0 Å². The molecule has 1 aliphatic carbocycles. The molecule has 1 unspecified atom stereocenters. The van der Waals surface area contributed by atoms with Gasteiger partial charge in [0.1, 0.15) is 5.76 Å². The van der Waals surface area contributed by atoms with Gasteiger partial charge in [0.05, 0.1) is 6.20 Å². The molecular weight excluding hydrogens is 188 g/mol. The summed E-state index contributed by atoms with van der Waals surface area (Å²) in [5.74, 6) is 2.67. The molecule has 3 heteroatoms. The molecule has 2 heterocycles. The highest BCUT2D eigenvalue weighted by molar-refractivity contribution is 5.03. The van der Waals surface area contributed by atoms with Crippen molar-refractivity contribution in [1.82, 2.24) is 10.3 Å². The first kappa shape index (κ1) is 9.40. The van der Waals surface area contributed by atoms with Crippen LogP contribution in [-0.4, -0.2) is 17.6 Å². The lowest BCUT2D eigenvalue weighted by molar-refractivity contribution is 0.321. The van der Waals surface area contributed by atoms with E-state index in [1.165, 1.54) is 32.1 Å². The molecule has 0 radical (unpaired) electrons. The third kappa shape index (κ3) is 1.93. The van der Waals surface area contributed by atoms with Crippen LogP contribution in [-0.2, 0) is 6.42 Å². The Morgan fingerprint density at radius 2 is 2.27 bits per heavy atom. The van der Waals surface area contributed by atoms with Crippen LogP contribution in [0.3, 0.4) is 0 Å². The summed E-state index contributed by atoms with van der Waals surface area (Å²) in [7, 11) is 0. The lowest BCUT2D eigenvalue weighted by atomic mass is 9.85. The fourth-order valence-electron chi connectivity index (χ4n) is 2.43. The Kier molecular flexibility index (Phi) is 2.49. The van der Waals surface area contributed by atoms with E-state index in [9.17, 15) is 0 Å². The highest BCUT2D eigenvalue weighted by Gasteiger charge is 2.25. The molecule has 1 aliphatic heterocycles. The molecule has 1 aromatic rings. The zero-order valence-corrected chi connectivity index (χ0v) is 9.04. The van der Waals surface area contributed by atoms with Crippen molar-refractivity contribution in [3.8, 4) is 0 Å². The van der Waals surface area contributed by atoms with Crippen molar-refractivity contribution in [2.24, 2.45) is 0 Å². The van der Waals surface area contributed by atoms with Crippen LogP contribution in [0.2, 0.25) is 0 Å². The second-order valence-corrected chi connectivity index (χ2v) is 4.79. The Bertz CT molecular complexity index is 324. The van der Waals surface area contributed by atoms with E-state index >= 15 is 0 Å². The van der Waals surface area contributed by atoms with E-state index in [0.717, 1.165) is 24.6 Å². The Hall–Kier alpha value is -0.830. The predicted molar refractivity (Wildman–Crippen MR) is 57.8 cm³/mol. The highest BCUT2D eigenvalue weighted by Crippen LogP contribution is 2.35. The average Bonchev–Trinajstić information content (AvgIpc) is 2.75. The predicted octanol–water partition coefficient (Wildman–Crippen LogP) is 2.24. The van der Waals surface area contributed by atoms with Crippen LogP contribution in [0.1, 0.15) is 49.7 Å². The number of nitrogens with zero attached hydrogens (tertiary/aromatic N) is 1. The molecule has 1 aromatic heterocycles. The van der Waals surface area contributed by atoms with Gasteiger partial charge in [0.2, 0.25) is 0 Å². The number of oxazole rings is 1. The summed E-state index contributed by atoms with van der Waals surface area (Å²) in [6, 6.07) is 0.618. The minimum absolute atomic E-state index is 0.618. The van der Waals surface area contributed by atoms with Crippen molar-refractivity contribution in [2.75, 3.05) is 6.54 Å². The van der Waals surface area contributed by atoms with Gasteiger partial charge in [-0.05, 0) is 32.2 Å². The fraction of sp³-hybridized carbons (Fsp3) is 0.750. The average molecular weight is 206 g/mol. The van der Waals surface area contributed by atoms with Crippen LogP contribution in [0.5, 0.6) is 0 Å². The summed E-state index contributed by atoms with van der Waals surface area (Å²) < 4.78 is 5.80. The van der Waals surface area contributed by atoms with Crippen molar-refractivity contribution in [2.45, 2.75) is 50.5 Å². The topological polar surface area (TPSA) is 38.1 Å². The zero-order valence-electron chi connectivity index (χ0n) is 9.04. The molecule has 0 spiro atoms. The van der Waals surface area contributed by atoms with Gasteiger partial charge in [0, 0.05) is 18.4 Å². The Morgan fingerprint density at radius 3 is 2.93 bits per heavy atom. The van der Waals surface area contributed by atoms with Crippen molar-refractivity contribution >= 4 is 0 Å². The van der Waals surface area contributed by atoms with Gasteiger partial charge in [0.15, 0.2) is 5.89 Å². The normalized spacial score (nSPS) is 26.8. The largest absolute Gasteiger partial charge is 0.445 e. The summed E-state index contributed by atoms with van der Waals surface area (Å²) in [6.07, 6.45) is 9.39. The van der Waals surface area contributed by atoms with Gasteiger partial charge in [-0.25, -0.2) is 4.98 Å². The van der Waals surface area contributed by atoms with Crippen molar-refractivity contribution < 1.29 is 4.42 Å². The monoisotopic (exact) mass is 206 g/mol. The van der Waals surface area contributed by atoms with Gasteiger partial charge in [0.25, 0.3) is 0 Å². The second-order valence-electron chi connectivity index (χ2n) is 4.79. The Balaban J connectivity index is 1.62. The van der Waals surface area contributed by atoms with Crippen LogP contribution < -0.4 is 5.32 Å². The molecule has 2 fully saturated rings. The smallest absolute Gasteiger partial charge is 0.197 e. The molecule has 82 valence electrons. The Morgan fingerprint density at radius 1 is 1.33 bits per heavy atom. The molecular formula is C12H18N2O. The quantitative estimate of drug-likeness (QED) is 0.824. The molecule has 2 aliphatic rings. The van der Waals surface area contributed by atoms with E-state index in [2.05, 4.69) is 10.3 Å².